The quantitative estimate of drug-likeness (QED) is 0.799. The highest BCUT2D eigenvalue weighted by molar-refractivity contribution is 4.93. The average molecular weight is 243 g/mol. The molecule has 2 aliphatic rings. The Bertz CT molecular complexity index is 233. The van der Waals surface area contributed by atoms with E-state index in [0.717, 1.165) is 45.8 Å². The Morgan fingerprint density at radius 3 is 2.47 bits per heavy atom. The first-order valence-electron chi connectivity index (χ1n) is 6.71. The fraction of sp³-hybridized carbons (Fsp3) is 1.00. The predicted octanol–water partition coefficient (Wildman–Crippen LogP) is 0.885. The van der Waals surface area contributed by atoms with Gasteiger partial charge in [0.25, 0.3) is 0 Å². The van der Waals surface area contributed by atoms with Gasteiger partial charge in [-0.2, -0.15) is 0 Å². The molecule has 0 aromatic rings. The zero-order valence-electron chi connectivity index (χ0n) is 11.0. The Morgan fingerprint density at radius 2 is 1.88 bits per heavy atom. The van der Waals surface area contributed by atoms with Crippen LogP contribution in [0.3, 0.4) is 0 Å². The SMILES string of the molecule is CC(C)(C(O)C1CCCOC1)N1CCOCC1. The van der Waals surface area contributed by atoms with Crippen molar-refractivity contribution in [2.45, 2.75) is 38.3 Å². The summed E-state index contributed by atoms with van der Waals surface area (Å²) >= 11 is 0. The maximum absolute atomic E-state index is 10.6. The summed E-state index contributed by atoms with van der Waals surface area (Å²) in [7, 11) is 0. The zero-order valence-corrected chi connectivity index (χ0v) is 11.0. The minimum atomic E-state index is -0.319. The highest BCUT2D eigenvalue weighted by atomic mass is 16.5. The lowest BCUT2D eigenvalue weighted by molar-refractivity contribution is -0.103. The van der Waals surface area contributed by atoms with Crippen LogP contribution < -0.4 is 0 Å². The molecule has 4 heteroatoms. The molecule has 2 rings (SSSR count). The highest BCUT2D eigenvalue weighted by Crippen LogP contribution is 2.29. The molecule has 2 aliphatic heterocycles. The van der Waals surface area contributed by atoms with Gasteiger partial charge in [0.15, 0.2) is 0 Å². The van der Waals surface area contributed by atoms with Crippen LogP contribution >= 0.6 is 0 Å². The van der Waals surface area contributed by atoms with E-state index in [9.17, 15) is 5.11 Å². The third-order valence-electron chi connectivity index (χ3n) is 4.19. The Kier molecular flexibility index (Phi) is 4.42. The second-order valence-corrected chi connectivity index (χ2v) is 5.68. The standard InChI is InChI=1S/C13H25NO3/c1-13(2,14-5-8-16-9-6-14)12(15)11-4-3-7-17-10-11/h11-12,15H,3-10H2,1-2H3. The molecule has 1 N–H and O–H groups in total. The minimum Gasteiger partial charge on any atom is -0.391 e. The van der Waals surface area contributed by atoms with Gasteiger partial charge in [-0.3, -0.25) is 4.90 Å². The molecule has 4 nitrogen and oxygen atoms in total. The van der Waals surface area contributed by atoms with Crippen LogP contribution in [0.4, 0.5) is 0 Å². The summed E-state index contributed by atoms with van der Waals surface area (Å²) in [5.41, 5.74) is -0.185. The van der Waals surface area contributed by atoms with Crippen LogP contribution in [0.2, 0.25) is 0 Å². The van der Waals surface area contributed by atoms with Crippen LogP contribution in [0.15, 0.2) is 0 Å². The molecule has 2 heterocycles. The third kappa shape index (κ3) is 2.99. The summed E-state index contributed by atoms with van der Waals surface area (Å²) in [5, 5.41) is 10.6. The monoisotopic (exact) mass is 243 g/mol. The molecule has 0 amide bonds. The number of hydrogen-bond donors (Lipinski definition) is 1. The first kappa shape index (κ1) is 13.3. The number of hydrogen-bond acceptors (Lipinski definition) is 4. The second kappa shape index (κ2) is 5.65. The summed E-state index contributed by atoms with van der Waals surface area (Å²) in [6.07, 6.45) is 1.83. The highest BCUT2D eigenvalue weighted by Gasteiger charge is 2.39. The maximum atomic E-state index is 10.6. The predicted molar refractivity (Wildman–Crippen MR) is 66.0 cm³/mol. The molecular formula is C13H25NO3. The van der Waals surface area contributed by atoms with Crippen molar-refractivity contribution >= 4 is 0 Å². The van der Waals surface area contributed by atoms with Crippen LogP contribution in [0.5, 0.6) is 0 Å². The van der Waals surface area contributed by atoms with E-state index < -0.39 is 0 Å². The average Bonchev–Trinajstić information content (AvgIpc) is 2.40. The number of nitrogens with zero attached hydrogens (tertiary/aromatic N) is 1. The van der Waals surface area contributed by atoms with Crippen molar-refractivity contribution in [2.75, 3.05) is 39.5 Å². The van der Waals surface area contributed by atoms with E-state index in [0.29, 0.717) is 6.61 Å². The fourth-order valence-corrected chi connectivity index (χ4v) is 2.92. The van der Waals surface area contributed by atoms with Gasteiger partial charge in [-0.15, -0.1) is 0 Å². The number of rotatable bonds is 3. The van der Waals surface area contributed by atoms with Crippen LogP contribution in [0.1, 0.15) is 26.7 Å². The van der Waals surface area contributed by atoms with E-state index in [1.165, 1.54) is 0 Å². The number of ether oxygens (including phenoxy) is 2. The zero-order chi connectivity index (χ0) is 12.3. The summed E-state index contributed by atoms with van der Waals surface area (Å²) in [6.45, 7) is 9.20. The molecule has 0 saturated carbocycles. The lowest BCUT2D eigenvalue weighted by Crippen LogP contribution is -2.59. The molecule has 0 bridgehead atoms. The molecule has 0 aromatic carbocycles. The largest absolute Gasteiger partial charge is 0.391 e. The van der Waals surface area contributed by atoms with Gasteiger partial charge >= 0.3 is 0 Å². The summed E-state index contributed by atoms with van der Waals surface area (Å²) in [5.74, 6) is 0.279. The number of morpholine rings is 1. The van der Waals surface area contributed by atoms with E-state index in [1.54, 1.807) is 0 Å². The number of aliphatic hydroxyl groups is 1. The van der Waals surface area contributed by atoms with Crippen molar-refractivity contribution in [3.63, 3.8) is 0 Å². The van der Waals surface area contributed by atoms with Gasteiger partial charge in [-0.05, 0) is 26.7 Å². The van der Waals surface area contributed by atoms with Crippen molar-refractivity contribution in [2.24, 2.45) is 5.92 Å². The third-order valence-corrected chi connectivity index (χ3v) is 4.19. The van der Waals surface area contributed by atoms with E-state index in [1.807, 2.05) is 0 Å². The fourth-order valence-electron chi connectivity index (χ4n) is 2.92. The summed E-state index contributed by atoms with van der Waals surface area (Å²) in [6, 6.07) is 0. The number of aliphatic hydroxyl groups excluding tert-OH is 1. The van der Waals surface area contributed by atoms with E-state index >= 15 is 0 Å². The molecule has 2 unspecified atom stereocenters. The van der Waals surface area contributed by atoms with Crippen LogP contribution in [0.25, 0.3) is 0 Å². The lowest BCUT2D eigenvalue weighted by atomic mass is 9.82. The van der Waals surface area contributed by atoms with Crippen molar-refractivity contribution in [3.8, 4) is 0 Å². The van der Waals surface area contributed by atoms with Crippen LogP contribution in [-0.2, 0) is 9.47 Å². The first-order chi connectivity index (χ1) is 8.12. The molecule has 0 radical (unpaired) electrons. The Labute approximate surface area is 104 Å². The first-order valence-corrected chi connectivity index (χ1v) is 6.71. The maximum Gasteiger partial charge on any atom is 0.0768 e. The molecule has 2 atom stereocenters. The van der Waals surface area contributed by atoms with Crippen molar-refractivity contribution in [1.82, 2.24) is 4.90 Å². The van der Waals surface area contributed by atoms with Gasteiger partial charge in [-0.25, -0.2) is 0 Å². The van der Waals surface area contributed by atoms with Gasteiger partial charge in [0.2, 0.25) is 0 Å². The molecule has 0 aliphatic carbocycles. The molecule has 2 saturated heterocycles. The van der Waals surface area contributed by atoms with E-state index in [-0.39, 0.29) is 17.6 Å². The van der Waals surface area contributed by atoms with Crippen molar-refractivity contribution in [1.29, 1.82) is 0 Å². The molecule has 0 aromatic heterocycles. The van der Waals surface area contributed by atoms with Gasteiger partial charge in [-0.1, -0.05) is 0 Å². The molecule has 2 fully saturated rings. The molecular weight excluding hydrogens is 218 g/mol. The topological polar surface area (TPSA) is 41.9 Å². The molecule has 0 spiro atoms. The normalized spacial score (nSPS) is 30.2. The Morgan fingerprint density at radius 1 is 1.18 bits per heavy atom. The van der Waals surface area contributed by atoms with E-state index in [4.69, 9.17) is 9.47 Å². The second-order valence-electron chi connectivity index (χ2n) is 5.68. The Balaban J connectivity index is 1.96. The van der Waals surface area contributed by atoms with E-state index in [2.05, 4.69) is 18.7 Å². The smallest absolute Gasteiger partial charge is 0.0768 e. The van der Waals surface area contributed by atoms with Gasteiger partial charge < -0.3 is 14.6 Å². The molecule has 17 heavy (non-hydrogen) atoms. The molecule has 100 valence electrons. The minimum absolute atomic E-state index is 0.185. The Hall–Kier alpha value is -0.160. The van der Waals surface area contributed by atoms with Gasteiger partial charge in [0.05, 0.1) is 25.9 Å². The summed E-state index contributed by atoms with van der Waals surface area (Å²) < 4.78 is 10.9. The van der Waals surface area contributed by atoms with Gasteiger partial charge in [0, 0.05) is 31.2 Å². The van der Waals surface area contributed by atoms with Crippen molar-refractivity contribution in [3.05, 3.63) is 0 Å². The lowest BCUT2D eigenvalue weighted by Gasteiger charge is -2.46. The van der Waals surface area contributed by atoms with Gasteiger partial charge in [0.1, 0.15) is 0 Å². The van der Waals surface area contributed by atoms with Crippen molar-refractivity contribution < 1.29 is 14.6 Å². The van der Waals surface area contributed by atoms with Crippen LogP contribution in [-0.4, -0.2) is 61.2 Å². The summed E-state index contributed by atoms with van der Waals surface area (Å²) in [4.78, 5) is 2.34. The van der Waals surface area contributed by atoms with Crippen LogP contribution in [0, 0.1) is 5.92 Å².